The van der Waals surface area contributed by atoms with Gasteiger partial charge in [-0.15, -0.1) is 0 Å². The van der Waals surface area contributed by atoms with Crippen molar-refractivity contribution >= 4 is 46.6 Å². The molecule has 0 fully saturated rings. The molecule has 0 radical (unpaired) electrons. The summed E-state index contributed by atoms with van der Waals surface area (Å²) in [5.74, 6) is 1.51. The van der Waals surface area contributed by atoms with Crippen LogP contribution in [-0.4, -0.2) is 41.7 Å². The molecule has 0 saturated carbocycles. The van der Waals surface area contributed by atoms with Gasteiger partial charge in [0.25, 0.3) is 0 Å². The maximum atomic E-state index is 10.4. The monoisotopic (exact) mass is 545 g/mol. The summed E-state index contributed by atoms with van der Waals surface area (Å²) in [5, 5.41) is 0. The zero-order valence-electron chi connectivity index (χ0n) is 19.5. The number of hydrogen-bond donors (Lipinski definition) is 0. The predicted octanol–water partition coefficient (Wildman–Crippen LogP) is 4.29. The van der Waals surface area contributed by atoms with Crippen LogP contribution in [0.1, 0.15) is 22.6 Å². The first-order valence-electron chi connectivity index (χ1n) is 10.6. The second-order valence-electron chi connectivity index (χ2n) is 7.37. The van der Waals surface area contributed by atoms with Crippen molar-refractivity contribution in [1.29, 1.82) is 0 Å². The second kappa shape index (κ2) is 11.5. The fourth-order valence-electron chi connectivity index (χ4n) is 3.33. The van der Waals surface area contributed by atoms with Gasteiger partial charge in [0.15, 0.2) is 0 Å². The Morgan fingerprint density at radius 3 is 2.24 bits per heavy atom. The minimum atomic E-state index is -4.27. The average molecular weight is 545 g/mol. The minimum Gasteiger partial charge on any atom is -0.744 e. The first kappa shape index (κ1) is 25.7. The fraction of sp³-hybridized carbons (Fsp3) is 0.192. The minimum absolute atomic E-state index is 0.178. The van der Waals surface area contributed by atoms with Gasteiger partial charge in [-0.2, -0.15) is 0 Å². The van der Waals surface area contributed by atoms with E-state index in [0.29, 0.717) is 14.5 Å². The summed E-state index contributed by atoms with van der Waals surface area (Å²) in [5.41, 5.74) is 3.39. The van der Waals surface area contributed by atoms with E-state index >= 15 is 0 Å². The summed E-state index contributed by atoms with van der Waals surface area (Å²) in [6.45, 7) is 5.01. The summed E-state index contributed by atoms with van der Waals surface area (Å²) >= 11 is 0.361. The normalized spacial score (nSPS) is 11.3. The van der Waals surface area contributed by atoms with Crippen molar-refractivity contribution in [3.63, 3.8) is 0 Å². The van der Waals surface area contributed by atoms with Gasteiger partial charge in [-0.3, -0.25) is 0 Å². The van der Waals surface area contributed by atoms with Crippen molar-refractivity contribution in [1.82, 2.24) is 0 Å². The van der Waals surface area contributed by atoms with E-state index in [9.17, 15) is 13.0 Å². The number of para-hydroxylation sites is 1. The van der Waals surface area contributed by atoms with Crippen molar-refractivity contribution in [3.05, 3.63) is 82.4 Å². The van der Waals surface area contributed by atoms with Gasteiger partial charge in [-0.1, -0.05) is 17.7 Å². The molecule has 3 aromatic carbocycles. The van der Waals surface area contributed by atoms with E-state index in [0.717, 1.165) is 29.2 Å². The topological polar surface area (TPSA) is 79.5 Å². The molecule has 34 heavy (non-hydrogen) atoms. The van der Waals surface area contributed by atoms with Crippen LogP contribution >= 0.6 is 0 Å². The molecule has 0 N–H and O–H groups in total. The number of ether oxygens (including phenoxy) is 2. The van der Waals surface area contributed by atoms with Crippen molar-refractivity contribution < 1.29 is 27.0 Å². The van der Waals surface area contributed by atoms with Gasteiger partial charge in [0.2, 0.25) is 0 Å². The Kier molecular flexibility index (Phi) is 8.69. The zero-order valence-corrected chi connectivity index (χ0v) is 22.0. The average Bonchev–Trinajstić information content (AvgIpc) is 3.20. The zero-order chi connectivity index (χ0) is 24.7. The molecule has 8 heteroatoms. The summed E-state index contributed by atoms with van der Waals surface area (Å²) in [6, 6.07) is 20.4. The van der Waals surface area contributed by atoms with Crippen LogP contribution in [0.3, 0.4) is 0 Å². The Balaban J connectivity index is 0.000000248. The number of benzene rings is 3. The third kappa shape index (κ3) is 6.36. The van der Waals surface area contributed by atoms with E-state index in [1.165, 1.54) is 26.5 Å². The standard InChI is InChI=1S/C19H20NO2Se.C7H8O3S/c1-4-20-15-7-5-6-8-18(15)23-19(20)12-10-14-9-11-16(21-2)17(13-14)22-3;1-6-2-4-7(5-3-6)11(8,9)10/h5-13H,4H2,1-3H3;2-5H,1H3,(H,8,9,10)/q+1;/p-1/b12-10+;. The first-order chi connectivity index (χ1) is 16.3. The van der Waals surface area contributed by atoms with Crippen LogP contribution < -0.4 is 14.0 Å². The van der Waals surface area contributed by atoms with Gasteiger partial charge >= 0.3 is 142 Å². The number of methoxy groups -OCH3 is 2. The molecule has 0 aliphatic heterocycles. The number of nitrogens with zero attached hydrogens (tertiary/aromatic N) is 1. The van der Waals surface area contributed by atoms with Crippen LogP contribution in [0.2, 0.25) is 0 Å². The Hall–Kier alpha value is -2.90. The molecule has 0 aliphatic rings. The molecular formula is C26H27NO5SSe. The molecular weight excluding hydrogens is 517 g/mol. The van der Waals surface area contributed by atoms with E-state index in [-0.39, 0.29) is 4.90 Å². The van der Waals surface area contributed by atoms with Gasteiger partial charge in [0.05, 0.1) is 4.90 Å². The van der Waals surface area contributed by atoms with Crippen LogP contribution in [0.5, 0.6) is 11.5 Å². The summed E-state index contributed by atoms with van der Waals surface area (Å²) in [7, 11) is -0.954. The van der Waals surface area contributed by atoms with Gasteiger partial charge in [0.1, 0.15) is 10.1 Å². The SMILES string of the molecule is CC[n+]1c(/C=C/c2ccc(OC)c(OC)c2)[se]c2ccccc21.Cc1ccc(S(=O)(=O)[O-])cc1. The first-order valence-corrected chi connectivity index (χ1v) is 13.7. The quantitative estimate of drug-likeness (QED) is 0.206. The molecule has 0 bridgehead atoms. The molecule has 0 amide bonds. The number of fused-ring (bicyclic) bond motifs is 1. The second-order valence-corrected chi connectivity index (χ2v) is 11.0. The Bertz CT molecular complexity index is 1390. The molecule has 1 heterocycles. The van der Waals surface area contributed by atoms with Crippen LogP contribution in [0.4, 0.5) is 0 Å². The van der Waals surface area contributed by atoms with E-state index in [1.54, 1.807) is 26.4 Å². The van der Waals surface area contributed by atoms with Crippen molar-refractivity contribution in [2.45, 2.75) is 25.3 Å². The molecule has 6 nitrogen and oxygen atoms in total. The van der Waals surface area contributed by atoms with E-state index in [4.69, 9.17) is 9.47 Å². The third-order valence-electron chi connectivity index (χ3n) is 5.09. The molecule has 0 spiro atoms. The smallest absolute Gasteiger partial charge is 0.124 e. The summed E-state index contributed by atoms with van der Waals surface area (Å²) in [6.07, 6.45) is 4.37. The fourth-order valence-corrected chi connectivity index (χ4v) is 6.17. The Labute approximate surface area is 206 Å². The molecule has 0 atom stereocenters. The molecule has 178 valence electrons. The Morgan fingerprint density at radius 1 is 0.941 bits per heavy atom. The Morgan fingerprint density at radius 2 is 1.62 bits per heavy atom. The van der Waals surface area contributed by atoms with Gasteiger partial charge in [-0.25, -0.2) is 8.42 Å². The molecule has 0 saturated heterocycles. The molecule has 0 unspecified atom stereocenters. The predicted molar refractivity (Wildman–Crippen MR) is 134 cm³/mol. The van der Waals surface area contributed by atoms with E-state index in [2.05, 4.69) is 47.9 Å². The molecule has 4 rings (SSSR count). The van der Waals surface area contributed by atoms with Crippen LogP contribution in [0.25, 0.3) is 21.9 Å². The number of rotatable bonds is 6. The van der Waals surface area contributed by atoms with Crippen molar-refractivity contribution in [3.8, 4) is 11.5 Å². The number of aryl methyl sites for hydroxylation is 2. The summed E-state index contributed by atoms with van der Waals surface area (Å²) in [4.78, 5) is -0.178. The third-order valence-corrected chi connectivity index (χ3v) is 8.31. The van der Waals surface area contributed by atoms with Gasteiger partial charge in [-0.05, 0) is 19.1 Å². The van der Waals surface area contributed by atoms with Crippen LogP contribution in [0.15, 0.2) is 71.6 Å². The molecule has 4 aromatic rings. The maximum absolute atomic E-state index is 10.4. The molecule has 0 aliphatic carbocycles. The van der Waals surface area contributed by atoms with Crippen molar-refractivity contribution in [2.75, 3.05) is 14.2 Å². The van der Waals surface area contributed by atoms with Crippen molar-refractivity contribution in [2.24, 2.45) is 0 Å². The summed E-state index contributed by atoms with van der Waals surface area (Å²) < 4.78 is 47.1. The van der Waals surface area contributed by atoms with Gasteiger partial charge < -0.3 is 4.55 Å². The number of hydrogen-bond acceptors (Lipinski definition) is 5. The van der Waals surface area contributed by atoms with Crippen LogP contribution in [0, 0.1) is 6.92 Å². The number of aromatic nitrogens is 1. The molecule has 1 aromatic heterocycles. The van der Waals surface area contributed by atoms with Gasteiger partial charge in [0, 0.05) is 0 Å². The van der Waals surface area contributed by atoms with Crippen LogP contribution in [-0.2, 0) is 16.7 Å². The van der Waals surface area contributed by atoms with E-state index in [1.807, 2.05) is 25.1 Å². The van der Waals surface area contributed by atoms with E-state index < -0.39 is 10.1 Å². The maximum Gasteiger partial charge on any atom is 0.124 e. The largest absolute Gasteiger partial charge is 0.744 e.